The number of hydrogen-bond donors (Lipinski definition) is 1. The number of rotatable bonds is 4. The number of hydrogen-bond acceptors (Lipinski definition) is 4. The van der Waals surface area contributed by atoms with Crippen molar-refractivity contribution in [1.82, 2.24) is 0 Å². The first-order chi connectivity index (χ1) is 8.13. The smallest absolute Gasteiger partial charge is 0.354 e. The molecule has 0 amide bonds. The molecule has 0 bridgehead atoms. The van der Waals surface area contributed by atoms with E-state index in [0.717, 1.165) is 5.69 Å². The summed E-state index contributed by atoms with van der Waals surface area (Å²) in [4.78, 5) is 15.6. The molecule has 0 heterocycles. The zero-order chi connectivity index (χ0) is 12.7. The maximum atomic E-state index is 11.3. The molecule has 0 radical (unpaired) electrons. The molecular weight excluding hydrogens is 216 g/mol. The van der Waals surface area contributed by atoms with Gasteiger partial charge < -0.3 is 10.5 Å². The minimum Gasteiger partial charge on any atom is -0.461 e. The minimum atomic E-state index is -0.518. The highest BCUT2D eigenvalue weighted by atomic mass is 16.5. The van der Waals surface area contributed by atoms with Crippen LogP contribution in [0.5, 0.6) is 0 Å². The lowest BCUT2D eigenvalue weighted by Crippen LogP contribution is -2.15. The van der Waals surface area contributed by atoms with Crippen LogP contribution in [0.4, 0.5) is 5.69 Å². The number of carbonyl (C=O) groups is 1. The van der Waals surface area contributed by atoms with Crippen molar-refractivity contribution in [1.29, 1.82) is 0 Å². The Labute approximate surface area is 101 Å². The molecule has 0 fully saturated rings. The van der Waals surface area contributed by atoms with E-state index in [1.54, 1.807) is 13.8 Å². The second-order valence-electron chi connectivity index (χ2n) is 3.41. The van der Waals surface area contributed by atoms with Crippen molar-refractivity contribution in [3.05, 3.63) is 42.1 Å². The highest BCUT2D eigenvalue weighted by molar-refractivity contribution is 6.01. The molecule has 0 unspecified atom stereocenters. The fraction of sp³-hybridized carbons (Fsp3) is 0.231. The standard InChI is InChI=1S/C13H16N2O2/c1-3-17-13(16)12(14)9-10(2)15-11-7-5-4-6-8-11/h4-9H,3,14H2,1-2H3. The summed E-state index contributed by atoms with van der Waals surface area (Å²) in [6.07, 6.45) is 1.50. The van der Waals surface area contributed by atoms with Gasteiger partial charge >= 0.3 is 5.97 Å². The van der Waals surface area contributed by atoms with Crippen molar-refractivity contribution in [2.24, 2.45) is 10.7 Å². The van der Waals surface area contributed by atoms with Crippen LogP contribution in [-0.4, -0.2) is 18.3 Å². The van der Waals surface area contributed by atoms with Crippen LogP contribution >= 0.6 is 0 Å². The lowest BCUT2D eigenvalue weighted by Gasteiger charge is -2.01. The number of aliphatic imine (C=N–C) groups is 1. The van der Waals surface area contributed by atoms with Gasteiger partial charge in [0.05, 0.1) is 12.3 Å². The first-order valence-corrected chi connectivity index (χ1v) is 5.38. The normalized spacial score (nSPS) is 12.4. The zero-order valence-corrected chi connectivity index (χ0v) is 10.0. The minimum absolute atomic E-state index is 0.0593. The maximum Gasteiger partial charge on any atom is 0.354 e. The summed E-state index contributed by atoms with van der Waals surface area (Å²) >= 11 is 0. The summed E-state index contributed by atoms with van der Waals surface area (Å²) in [7, 11) is 0. The molecule has 0 aliphatic carbocycles. The average molecular weight is 232 g/mol. The Hall–Kier alpha value is -2.10. The SMILES string of the molecule is CCOC(=O)C(N)=CC(C)=Nc1ccccc1. The van der Waals surface area contributed by atoms with Gasteiger partial charge in [-0.05, 0) is 32.1 Å². The topological polar surface area (TPSA) is 64.7 Å². The molecule has 0 saturated heterocycles. The fourth-order valence-electron chi connectivity index (χ4n) is 1.24. The molecule has 1 aromatic carbocycles. The molecule has 2 N–H and O–H groups in total. The first kappa shape index (κ1) is 13.0. The summed E-state index contributed by atoms with van der Waals surface area (Å²) in [5.74, 6) is -0.518. The first-order valence-electron chi connectivity index (χ1n) is 5.38. The number of benzene rings is 1. The largest absolute Gasteiger partial charge is 0.461 e. The number of nitrogens with zero attached hydrogens (tertiary/aromatic N) is 1. The van der Waals surface area contributed by atoms with E-state index in [1.165, 1.54) is 6.08 Å². The van der Waals surface area contributed by atoms with Crippen LogP contribution in [0, 0.1) is 0 Å². The van der Waals surface area contributed by atoms with Crippen LogP contribution in [0.15, 0.2) is 47.1 Å². The van der Waals surface area contributed by atoms with E-state index in [-0.39, 0.29) is 5.70 Å². The third-order valence-electron chi connectivity index (χ3n) is 1.94. The predicted molar refractivity (Wildman–Crippen MR) is 68.1 cm³/mol. The summed E-state index contributed by atoms with van der Waals surface area (Å²) < 4.78 is 4.77. The van der Waals surface area contributed by atoms with Gasteiger partial charge in [-0.3, -0.25) is 4.99 Å². The molecule has 1 aromatic rings. The summed E-state index contributed by atoms with van der Waals surface area (Å²) in [6.45, 7) is 3.82. The Kier molecular flexibility index (Phi) is 4.94. The predicted octanol–water partition coefficient (Wildman–Crippen LogP) is 2.18. The van der Waals surface area contributed by atoms with Gasteiger partial charge in [0.2, 0.25) is 0 Å². The van der Waals surface area contributed by atoms with Crippen molar-refractivity contribution < 1.29 is 9.53 Å². The van der Waals surface area contributed by atoms with Crippen LogP contribution in [-0.2, 0) is 9.53 Å². The van der Waals surface area contributed by atoms with Crippen molar-refractivity contribution in [2.75, 3.05) is 6.61 Å². The summed E-state index contributed by atoms with van der Waals surface area (Å²) in [5, 5.41) is 0. The molecule has 0 aliphatic rings. The number of allylic oxidation sites excluding steroid dienone is 1. The molecule has 0 saturated carbocycles. The Bertz CT molecular complexity index is 436. The molecule has 90 valence electrons. The van der Waals surface area contributed by atoms with Crippen molar-refractivity contribution in [2.45, 2.75) is 13.8 Å². The molecule has 0 aromatic heterocycles. The van der Waals surface area contributed by atoms with Crippen LogP contribution in [0.2, 0.25) is 0 Å². The van der Waals surface area contributed by atoms with Crippen LogP contribution in [0.3, 0.4) is 0 Å². The molecule has 1 rings (SSSR count). The molecule has 0 spiro atoms. The molecule has 4 nitrogen and oxygen atoms in total. The average Bonchev–Trinajstić information content (AvgIpc) is 2.30. The van der Waals surface area contributed by atoms with Gasteiger partial charge in [0.15, 0.2) is 0 Å². The van der Waals surface area contributed by atoms with E-state index >= 15 is 0 Å². The number of ether oxygens (including phenoxy) is 1. The van der Waals surface area contributed by atoms with Gasteiger partial charge in [-0.1, -0.05) is 18.2 Å². The number of para-hydroxylation sites is 1. The van der Waals surface area contributed by atoms with Crippen molar-refractivity contribution in [3.63, 3.8) is 0 Å². The van der Waals surface area contributed by atoms with Crippen molar-refractivity contribution >= 4 is 17.4 Å². The highest BCUT2D eigenvalue weighted by Crippen LogP contribution is 2.10. The molecule has 0 aliphatic heterocycles. The molecule has 4 heteroatoms. The van der Waals surface area contributed by atoms with Crippen LogP contribution in [0.25, 0.3) is 0 Å². The molecule has 17 heavy (non-hydrogen) atoms. The lowest BCUT2D eigenvalue weighted by atomic mass is 10.3. The number of carbonyl (C=O) groups excluding carboxylic acids is 1. The lowest BCUT2D eigenvalue weighted by molar-refractivity contribution is -0.138. The monoisotopic (exact) mass is 232 g/mol. The fourth-order valence-corrected chi connectivity index (χ4v) is 1.24. The summed E-state index contributed by atoms with van der Waals surface area (Å²) in [5.41, 5.74) is 7.09. The van der Waals surface area contributed by atoms with E-state index in [0.29, 0.717) is 12.3 Å². The van der Waals surface area contributed by atoms with Crippen molar-refractivity contribution in [3.8, 4) is 0 Å². The Balaban J connectivity index is 2.77. The second-order valence-corrected chi connectivity index (χ2v) is 3.41. The van der Waals surface area contributed by atoms with E-state index in [1.807, 2.05) is 30.3 Å². The van der Waals surface area contributed by atoms with Gasteiger partial charge in [-0.2, -0.15) is 0 Å². The Morgan fingerprint density at radius 2 is 2.06 bits per heavy atom. The quantitative estimate of drug-likeness (QED) is 0.491. The van der Waals surface area contributed by atoms with Gasteiger partial charge in [-0.15, -0.1) is 0 Å². The Morgan fingerprint density at radius 3 is 2.65 bits per heavy atom. The molecule has 0 atom stereocenters. The maximum absolute atomic E-state index is 11.3. The van der Waals surface area contributed by atoms with Crippen LogP contribution < -0.4 is 5.73 Å². The van der Waals surface area contributed by atoms with Gasteiger partial charge in [0.25, 0.3) is 0 Å². The summed E-state index contributed by atoms with van der Waals surface area (Å²) in [6, 6.07) is 9.45. The molecular formula is C13H16N2O2. The van der Waals surface area contributed by atoms with E-state index < -0.39 is 5.97 Å². The van der Waals surface area contributed by atoms with E-state index in [4.69, 9.17) is 10.5 Å². The number of esters is 1. The Morgan fingerprint density at radius 1 is 1.41 bits per heavy atom. The van der Waals surface area contributed by atoms with Gasteiger partial charge in [0, 0.05) is 5.71 Å². The number of nitrogens with two attached hydrogens (primary N) is 1. The zero-order valence-electron chi connectivity index (χ0n) is 10.0. The van der Waals surface area contributed by atoms with Gasteiger partial charge in [-0.25, -0.2) is 4.79 Å². The third kappa shape index (κ3) is 4.51. The van der Waals surface area contributed by atoms with E-state index in [9.17, 15) is 4.79 Å². The highest BCUT2D eigenvalue weighted by Gasteiger charge is 2.05. The second kappa shape index (κ2) is 6.48. The van der Waals surface area contributed by atoms with Gasteiger partial charge in [0.1, 0.15) is 5.70 Å². The third-order valence-corrected chi connectivity index (χ3v) is 1.94. The van der Waals surface area contributed by atoms with E-state index in [2.05, 4.69) is 4.99 Å². The van der Waals surface area contributed by atoms with Crippen LogP contribution in [0.1, 0.15) is 13.8 Å².